The average molecular weight is 289 g/mol. The van der Waals surface area contributed by atoms with Gasteiger partial charge in [-0.15, -0.1) is 0 Å². The minimum absolute atomic E-state index is 0.0999. The number of anilines is 1. The maximum absolute atomic E-state index is 12.3. The predicted molar refractivity (Wildman–Crippen MR) is 81.7 cm³/mol. The molecule has 4 heteroatoms. The lowest BCUT2D eigenvalue weighted by molar-refractivity contribution is -0.117. The number of carbonyl (C=O) groups excluding carboxylic acids is 1. The molecule has 1 N–H and O–H groups in total. The first-order valence-electron chi connectivity index (χ1n) is 7.71. The second-order valence-electron chi connectivity index (χ2n) is 6.29. The number of fused-ring (bicyclic) bond motifs is 2. The van der Waals surface area contributed by atoms with Crippen molar-refractivity contribution < 1.29 is 14.3 Å². The quantitative estimate of drug-likeness (QED) is 0.903. The molecular weight excluding hydrogens is 266 g/mol. The lowest BCUT2D eigenvalue weighted by atomic mass is 9.86. The van der Waals surface area contributed by atoms with Crippen molar-refractivity contribution in [1.82, 2.24) is 0 Å². The van der Waals surface area contributed by atoms with Gasteiger partial charge in [0.15, 0.2) is 0 Å². The van der Waals surface area contributed by atoms with Gasteiger partial charge in [-0.3, -0.25) is 4.79 Å². The van der Waals surface area contributed by atoms with E-state index in [-0.39, 0.29) is 5.91 Å². The molecule has 114 valence electrons. The molecule has 1 aromatic rings. The molecule has 3 rings (SSSR count). The summed E-state index contributed by atoms with van der Waals surface area (Å²) in [5.74, 6) is 3.71. The molecule has 0 spiro atoms. The van der Waals surface area contributed by atoms with Crippen molar-refractivity contribution >= 4 is 11.6 Å². The van der Waals surface area contributed by atoms with Gasteiger partial charge >= 0.3 is 0 Å². The number of nitrogens with one attached hydrogen (secondary N) is 1. The molecule has 3 atom stereocenters. The van der Waals surface area contributed by atoms with Crippen molar-refractivity contribution in [1.29, 1.82) is 0 Å². The van der Waals surface area contributed by atoms with Crippen LogP contribution in [0.4, 0.5) is 5.69 Å². The highest BCUT2D eigenvalue weighted by Gasteiger charge is 2.40. The van der Waals surface area contributed by atoms with Gasteiger partial charge in [-0.1, -0.05) is 6.42 Å². The van der Waals surface area contributed by atoms with E-state index in [1.54, 1.807) is 20.3 Å². The maximum Gasteiger partial charge on any atom is 0.224 e. The van der Waals surface area contributed by atoms with Crippen LogP contribution >= 0.6 is 0 Å². The number of hydrogen-bond acceptors (Lipinski definition) is 3. The van der Waals surface area contributed by atoms with Gasteiger partial charge < -0.3 is 14.8 Å². The van der Waals surface area contributed by atoms with Crippen LogP contribution in [0.5, 0.6) is 11.5 Å². The van der Waals surface area contributed by atoms with E-state index in [0.717, 1.165) is 17.5 Å². The fourth-order valence-corrected chi connectivity index (χ4v) is 3.96. The summed E-state index contributed by atoms with van der Waals surface area (Å²) >= 11 is 0. The van der Waals surface area contributed by atoms with Gasteiger partial charge in [0, 0.05) is 30.3 Å². The van der Waals surface area contributed by atoms with E-state index in [2.05, 4.69) is 5.32 Å². The zero-order valence-electron chi connectivity index (χ0n) is 12.7. The third-order valence-electron chi connectivity index (χ3n) is 4.97. The minimum Gasteiger partial charge on any atom is -0.497 e. The molecule has 0 saturated heterocycles. The summed E-state index contributed by atoms with van der Waals surface area (Å²) in [6.07, 6.45) is 5.90. The van der Waals surface area contributed by atoms with Crippen LogP contribution in [0.25, 0.3) is 0 Å². The van der Waals surface area contributed by atoms with Crippen LogP contribution in [-0.4, -0.2) is 20.1 Å². The summed E-state index contributed by atoms with van der Waals surface area (Å²) in [7, 11) is 3.21. The third-order valence-corrected chi connectivity index (χ3v) is 4.97. The van der Waals surface area contributed by atoms with Crippen molar-refractivity contribution in [3.63, 3.8) is 0 Å². The fraction of sp³-hybridized carbons (Fsp3) is 0.588. The highest BCUT2D eigenvalue weighted by molar-refractivity contribution is 5.91. The Kier molecular flexibility index (Phi) is 4.04. The van der Waals surface area contributed by atoms with Gasteiger partial charge in [-0.05, 0) is 37.0 Å². The second kappa shape index (κ2) is 5.96. The fourth-order valence-electron chi connectivity index (χ4n) is 3.96. The van der Waals surface area contributed by atoms with Gasteiger partial charge in [0.1, 0.15) is 11.5 Å². The lowest BCUT2D eigenvalue weighted by Gasteiger charge is -2.21. The lowest BCUT2D eigenvalue weighted by Crippen LogP contribution is -2.20. The Morgan fingerprint density at radius 2 is 1.86 bits per heavy atom. The Morgan fingerprint density at radius 1 is 1.14 bits per heavy atom. The number of ether oxygens (including phenoxy) is 2. The Morgan fingerprint density at radius 3 is 2.38 bits per heavy atom. The molecule has 2 bridgehead atoms. The summed E-state index contributed by atoms with van der Waals surface area (Å²) in [4.78, 5) is 12.3. The first kappa shape index (κ1) is 14.2. The summed E-state index contributed by atoms with van der Waals surface area (Å²) < 4.78 is 10.4. The number of benzene rings is 1. The first-order valence-corrected chi connectivity index (χ1v) is 7.71. The molecule has 4 nitrogen and oxygen atoms in total. The molecule has 2 aliphatic rings. The predicted octanol–water partition coefficient (Wildman–Crippen LogP) is 3.47. The summed E-state index contributed by atoms with van der Waals surface area (Å²) in [6.45, 7) is 0. The van der Waals surface area contributed by atoms with Crippen LogP contribution < -0.4 is 14.8 Å². The maximum atomic E-state index is 12.3. The van der Waals surface area contributed by atoms with Gasteiger partial charge in [0.25, 0.3) is 0 Å². The largest absolute Gasteiger partial charge is 0.497 e. The van der Waals surface area contributed by atoms with E-state index in [9.17, 15) is 4.79 Å². The van der Waals surface area contributed by atoms with E-state index in [4.69, 9.17) is 9.47 Å². The van der Waals surface area contributed by atoms with Crippen LogP contribution in [0.15, 0.2) is 18.2 Å². The van der Waals surface area contributed by atoms with E-state index in [1.807, 2.05) is 12.1 Å². The molecule has 0 heterocycles. The second-order valence-corrected chi connectivity index (χ2v) is 6.29. The zero-order valence-corrected chi connectivity index (χ0v) is 12.7. The highest BCUT2D eigenvalue weighted by Crippen LogP contribution is 2.49. The average Bonchev–Trinajstić information content (AvgIpc) is 3.09. The number of rotatable bonds is 5. The molecule has 21 heavy (non-hydrogen) atoms. The van der Waals surface area contributed by atoms with Crippen LogP contribution in [0.3, 0.4) is 0 Å². The monoisotopic (exact) mass is 289 g/mol. The van der Waals surface area contributed by atoms with E-state index in [1.165, 1.54) is 25.7 Å². The van der Waals surface area contributed by atoms with Crippen LogP contribution in [-0.2, 0) is 4.79 Å². The molecule has 1 aromatic carbocycles. The van der Waals surface area contributed by atoms with E-state index in [0.29, 0.717) is 23.8 Å². The van der Waals surface area contributed by atoms with Crippen molar-refractivity contribution in [3.05, 3.63) is 18.2 Å². The summed E-state index contributed by atoms with van der Waals surface area (Å²) in [6, 6.07) is 5.44. The van der Waals surface area contributed by atoms with Crippen molar-refractivity contribution in [3.8, 4) is 11.5 Å². The van der Waals surface area contributed by atoms with E-state index < -0.39 is 0 Å². The van der Waals surface area contributed by atoms with Crippen LogP contribution in [0.1, 0.15) is 32.1 Å². The van der Waals surface area contributed by atoms with Crippen LogP contribution in [0.2, 0.25) is 0 Å². The molecule has 0 unspecified atom stereocenters. The topological polar surface area (TPSA) is 47.6 Å². The summed E-state index contributed by atoms with van der Waals surface area (Å²) in [5.41, 5.74) is 0.736. The molecule has 1 amide bonds. The smallest absolute Gasteiger partial charge is 0.224 e. The van der Waals surface area contributed by atoms with Gasteiger partial charge in [0.2, 0.25) is 5.91 Å². The van der Waals surface area contributed by atoms with Crippen molar-refractivity contribution in [2.75, 3.05) is 19.5 Å². The molecule has 0 aromatic heterocycles. The van der Waals surface area contributed by atoms with Crippen molar-refractivity contribution in [2.24, 2.45) is 17.8 Å². The molecule has 2 fully saturated rings. The SMILES string of the molecule is COc1cc(NC(=O)C[C@@H]2C[C@H]3CC[C@@H]2C3)cc(OC)c1. The molecular formula is C17H23NO3. The molecule has 0 radical (unpaired) electrons. The third kappa shape index (κ3) is 3.14. The first-order chi connectivity index (χ1) is 10.2. The van der Waals surface area contributed by atoms with Crippen LogP contribution in [0, 0.1) is 17.8 Å². The number of hydrogen-bond donors (Lipinski definition) is 1. The zero-order chi connectivity index (χ0) is 14.8. The Bertz CT molecular complexity index is 507. The standard InChI is InChI=1S/C17H23NO3/c1-20-15-8-14(9-16(10-15)21-2)18-17(19)7-13-6-11-3-4-12(13)5-11/h8-13H,3-7H2,1-2H3,(H,18,19)/t11-,12+,13-/m0/s1. The highest BCUT2D eigenvalue weighted by atomic mass is 16.5. The van der Waals surface area contributed by atoms with Gasteiger partial charge in [-0.25, -0.2) is 0 Å². The molecule has 2 aliphatic carbocycles. The van der Waals surface area contributed by atoms with E-state index >= 15 is 0 Å². The summed E-state index contributed by atoms with van der Waals surface area (Å²) in [5, 5.41) is 2.98. The van der Waals surface area contributed by atoms with Crippen molar-refractivity contribution in [2.45, 2.75) is 32.1 Å². The van der Waals surface area contributed by atoms with Gasteiger partial charge in [-0.2, -0.15) is 0 Å². The number of methoxy groups -OCH3 is 2. The molecule has 0 aliphatic heterocycles. The van der Waals surface area contributed by atoms with Gasteiger partial charge in [0.05, 0.1) is 14.2 Å². The minimum atomic E-state index is 0.0999. The Balaban J connectivity index is 1.61. The Hall–Kier alpha value is -1.71. The molecule has 2 saturated carbocycles. The normalized spacial score (nSPS) is 26.7. The number of carbonyl (C=O) groups is 1. The number of amides is 1. The Labute approximate surface area is 125 Å².